The molecule has 0 radical (unpaired) electrons. The number of thiazole rings is 1. The summed E-state index contributed by atoms with van der Waals surface area (Å²) in [7, 11) is 0. The number of amides is 1. The number of halogens is 1. The van der Waals surface area contributed by atoms with Gasteiger partial charge in [-0.2, -0.15) is 0 Å². The van der Waals surface area contributed by atoms with Crippen molar-refractivity contribution in [3.8, 4) is 0 Å². The van der Waals surface area contributed by atoms with Crippen LogP contribution in [0.5, 0.6) is 0 Å². The molecule has 1 aromatic carbocycles. The Kier molecular flexibility index (Phi) is 6.95. The molecule has 1 saturated heterocycles. The number of aromatic nitrogens is 3. The smallest absolute Gasteiger partial charge is 0.333 e. The third-order valence-electron chi connectivity index (χ3n) is 5.56. The van der Waals surface area contributed by atoms with E-state index in [0.29, 0.717) is 22.7 Å². The summed E-state index contributed by atoms with van der Waals surface area (Å²) in [5, 5.41) is 4.11. The highest BCUT2D eigenvalue weighted by Crippen LogP contribution is 2.28. The molecule has 0 atom stereocenters. The zero-order valence-electron chi connectivity index (χ0n) is 18.0. The minimum Gasteiger partial charge on any atom is -0.350 e. The molecule has 170 valence electrons. The molecule has 32 heavy (non-hydrogen) atoms. The van der Waals surface area contributed by atoms with Gasteiger partial charge in [0.05, 0.1) is 0 Å². The molecule has 4 rings (SSSR count). The topological polar surface area (TPSA) is 89.2 Å². The fourth-order valence-electron chi connectivity index (χ4n) is 3.89. The molecule has 1 fully saturated rings. The van der Waals surface area contributed by atoms with Gasteiger partial charge in [-0.15, -0.1) is 0 Å². The number of rotatable bonds is 7. The quantitative estimate of drug-likeness (QED) is 0.567. The lowest BCUT2D eigenvalue weighted by atomic mass is 10.1. The van der Waals surface area contributed by atoms with Crippen LogP contribution in [-0.2, 0) is 24.4 Å². The second-order valence-corrected chi connectivity index (χ2v) is 9.28. The zero-order valence-corrected chi connectivity index (χ0v) is 19.5. The molecule has 1 aliphatic rings. The Bertz CT molecular complexity index is 1240. The lowest BCUT2D eigenvalue weighted by Crippen LogP contribution is -2.42. The van der Waals surface area contributed by atoms with E-state index in [4.69, 9.17) is 11.6 Å². The first-order valence-electron chi connectivity index (χ1n) is 10.9. The van der Waals surface area contributed by atoms with Crippen LogP contribution in [-0.4, -0.2) is 33.1 Å². The minimum atomic E-state index is -0.507. The van der Waals surface area contributed by atoms with Crippen LogP contribution in [0.4, 0.5) is 5.13 Å². The average Bonchev–Trinajstić information content (AvgIpc) is 3.25. The van der Waals surface area contributed by atoms with Crippen molar-refractivity contribution in [2.45, 2.75) is 52.2 Å². The lowest BCUT2D eigenvalue weighted by molar-refractivity contribution is -0.121. The third-order valence-corrected chi connectivity index (χ3v) is 7.03. The first-order chi connectivity index (χ1) is 15.5. The predicted octanol–water partition coefficient (Wildman–Crippen LogP) is 2.99. The monoisotopic (exact) mass is 475 g/mol. The second kappa shape index (κ2) is 9.87. The first kappa shape index (κ1) is 22.5. The number of fused-ring (bicyclic) bond motifs is 1. The van der Waals surface area contributed by atoms with E-state index in [1.54, 1.807) is 6.07 Å². The minimum absolute atomic E-state index is 0.215. The number of piperidine rings is 1. The van der Waals surface area contributed by atoms with E-state index in [0.717, 1.165) is 36.6 Å². The zero-order chi connectivity index (χ0) is 22.7. The SMILES string of the molecule is CCCn1c(=O)c2sc(N3CCCCC3)nc2n(CC(=O)NCc2ccccc2Cl)c1=O. The number of carbonyl (C=O) groups is 1. The number of hydrogen-bond acceptors (Lipinski definition) is 6. The number of anilines is 1. The molecule has 0 spiro atoms. The molecule has 0 unspecified atom stereocenters. The van der Waals surface area contributed by atoms with E-state index < -0.39 is 5.69 Å². The van der Waals surface area contributed by atoms with Crippen molar-refractivity contribution in [2.75, 3.05) is 18.0 Å². The summed E-state index contributed by atoms with van der Waals surface area (Å²) in [4.78, 5) is 45.6. The number of carbonyl (C=O) groups excluding carboxylic acids is 1. The fraction of sp³-hybridized carbons (Fsp3) is 0.455. The standard InChI is InChI=1S/C22H26ClN5O3S/c1-2-10-27-20(30)18-19(25-21(32-18)26-11-6-3-7-12-26)28(22(27)31)14-17(29)24-13-15-8-4-5-9-16(15)23/h4-5,8-9H,2-3,6-7,10-14H2,1H3,(H,24,29). The van der Waals surface area contributed by atoms with Gasteiger partial charge in [-0.05, 0) is 37.3 Å². The Morgan fingerprint density at radius 2 is 1.91 bits per heavy atom. The van der Waals surface area contributed by atoms with Gasteiger partial charge in [0.25, 0.3) is 5.56 Å². The molecule has 8 nitrogen and oxygen atoms in total. The van der Waals surface area contributed by atoms with E-state index in [2.05, 4.69) is 15.2 Å². The summed E-state index contributed by atoms with van der Waals surface area (Å²) in [6, 6.07) is 7.26. The lowest BCUT2D eigenvalue weighted by Gasteiger charge is -2.25. The van der Waals surface area contributed by atoms with E-state index in [9.17, 15) is 14.4 Å². The van der Waals surface area contributed by atoms with Gasteiger partial charge in [-0.1, -0.05) is 48.1 Å². The van der Waals surface area contributed by atoms with Crippen LogP contribution in [0.1, 0.15) is 38.2 Å². The van der Waals surface area contributed by atoms with E-state index in [1.165, 1.54) is 26.9 Å². The van der Waals surface area contributed by atoms with Crippen molar-refractivity contribution < 1.29 is 4.79 Å². The molecule has 0 saturated carbocycles. The largest absolute Gasteiger partial charge is 0.350 e. The van der Waals surface area contributed by atoms with Crippen LogP contribution in [0.2, 0.25) is 5.02 Å². The van der Waals surface area contributed by atoms with Crippen LogP contribution in [0.25, 0.3) is 10.3 Å². The second-order valence-electron chi connectivity index (χ2n) is 7.89. The molecule has 3 aromatic rings. The van der Waals surface area contributed by atoms with Crippen LogP contribution >= 0.6 is 22.9 Å². The molecule has 1 aliphatic heterocycles. The maximum atomic E-state index is 13.1. The van der Waals surface area contributed by atoms with Gasteiger partial charge in [0, 0.05) is 31.2 Å². The molecule has 1 N–H and O–H groups in total. The first-order valence-corrected chi connectivity index (χ1v) is 12.1. The highest BCUT2D eigenvalue weighted by Gasteiger charge is 2.22. The molecular weight excluding hydrogens is 450 g/mol. The number of benzene rings is 1. The Morgan fingerprint density at radius 1 is 1.16 bits per heavy atom. The third kappa shape index (κ3) is 4.59. The van der Waals surface area contributed by atoms with Gasteiger partial charge in [-0.3, -0.25) is 18.7 Å². The maximum Gasteiger partial charge on any atom is 0.333 e. The van der Waals surface area contributed by atoms with Crippen LogP contribution in [0.3, 0.4) is 0 Å². The molecule has 0 bridgehead atoms. The van der Waals surface area contributed by atoms with Crippen LogP contribution in [0.15, 0.2) is 33.9 Å². The van der Waals surface area contributed by atoms with Crippen LogP contribution in [0, 0.1) is 0 Å². The van der Waals surface area contributed by atoms with Gasteiger partial charge < -0.3 is 10.2 Å². The summed E-state index contributed by atoms with van der Waals surface area (Å²) in [5.74, 6) is -0.345. The summed E-state index contributed by atoms with van der Waals surface area (Å²) < 4.78 is 2.94. The van der Waals surface area contributed by atoms with Crippen molar-refractivity contribution in [1.29, 1.82) is 0 Å². The average molecular weight is 476 g/mol. The Labute approximate surface area is 194 Å². The summed E-state index contributed by atoms with van der Waals surface area (Å²) >= 11 is 7.47. The molecular formula is C22H26ClN5O3S. The highest BCUT2D eigenvalue weighted by atomic mass is 35.5. The predicted molar refractivity (Wildman–Crippen MR) is 128 cm³/mol. The Morgan fingerprint density at radius 3 is 2.62 bits per heavy atom. The summed E-state index contributed by atoms with van der Waals surface area (Å²) in [6.07, 6.45) is 3.97. The van der Waals surface area contributed by atoms with Crippen molar-refractivity contribution in [2.24, 2.45) is 0 Å². The van der Waals surface area contributed by atoms with Crippen LogP contribution < -0.4 is 21.5 Å². The van der Waals surface area contributed by atoms with Gasteiger partial charge >= 0.3 is 5.69 Å². The van der Waals surface area contributed by atoms with Gasteiger partial charge in [0.1, 0.15) is 11.2 Å². The van der Waals surface area contributed by atoms with Crippen molar-refractivity contribution in [3.05, 3.63) is 55.7 Å². The molecule has 10 heteroatoms. The molecule has 1 amide bonds. The van der Waals surface area contributed by atoms with Gasteiger partial charge in [0.2, 0.25) is 5.91 Å². The number of hydrogen-bond donors (Lipinski definition) is 1. The number of nitrogens with one attached hydrogen (secondary N) is 1. The summed E-state index contributed by atoms with van der Waals surface area (Å²) in [6.45, 7) is 4.00. The van der Waals surface area contributed by atoms with Crippen molar-refractivity contribution in [1.82, 2.24) is 19.4 Å². The molecule has 0 aliphatic carbocycles. The number of nitrogens with zero attached hydrogens (tertiary/aromatic N) is 4. The van der Waals surface area contributed by atoms with E-state index >= 15 is 0 Å². The Balaban J connectivity index is 1.67. The maximum absolute atomic E-state index is 13.1. The van der Waals surface area contributed by atoms with Crippen molar-refractivity contribution in [3.63, 3.8) is 0 Å². The Hall–Kier alpha value is -2.65. The van der Waals surface area contributed by atoms with Gasteiger partial charge in [-0.25, -0.2) is 9.78 Å². The highest BCUT2D eigenvalue weighted by molar-refractivity contribution is 7.22. The normalized spacial score (nSPS) is 14.1. The van der Waals surface area contributed by atoms with Gasteiger partial charge in [0.15, 0.2) is 10.8 Å². The fourth-order valence-corrected chi connectivity index (χ4v) is 5.16. The van der Waals surface area contributed by atoms with Crippen molar-refractivity contribution >= 4 is 44.3 Å². The molecule has 2 aromatic heterocycles. The molecule has 3 heterocycles. The summed E-state index contributed by atoms with van der Waals surface area (Å²) in [5.41, 5.74) is 0.232. The van der Waals surface area contributed by atoms with E-state index in [1.807, 2.05) is 25.1 Å². The van der Waals surface area contributed by atoms with E-state index in [-0.39, 0.29) is 30.2 Å².